The van der Waals surface area contributed by atoms with E-state index in [-0.39, 0.29) is 5.92 Å². The molecular weight excluding hydrogens is 275 g/mol. The Balaban J connectivity index is 3.04. The van der Waals surface area contributed by atoms with Crippen molar-refractivity contribution in [1.82, 2.24) is 0 Å². The number of anilines is 1. The summed E-state index contributed by atoms with van der Waals surface area (Å²) in [5.41, 5.74) is 7.52. The number of hydrogen-bond donors (Lipinski definition) is 1. The van der Waals surface area contributed by atoms with Gasteiger partial charge in [0.25, 0.3) is 0 Å². The summed E-state index contributed by atoms with van der Waals surface area (Å²) >= 11 is 2.18. The molecule has 2 N–H and O–H groups in total. The first-order valence-electron chi connectivity index (χ1n) is 4.13. The second-order valence-corrected chi connectivity index (χ2v) is 4.03. The molecule has 3 heteroatoms. The standard InChI is InChI=1S/C10H11IN2/c1-2-7(6-12)8-3-4-10(13)9(11)5-8/h3-5,7H,2,13H2,1H3. The summed E-state index contributed by atoms with van der Waals surface area (Å²) in [7, 11) is 0. The maximum atomic E-state index is 8.86. The molecule has 1 unspecified atom stereocenters. The normalized spacial score (nSPS) is 12.1. The molecular formula is C10H11IN2. The fourth-order valence-corrected chi connectivity index (χ4v) is 1.70. The van der Waals surface area contributed by atoms with Gasteiger partial charge in [-0.3, -0.25) is 0 Å². The van der Waals surface area contributed by atoms with Crippen LogP contribution < -0.4 is 5.73 Å². The van der Waals surface area contributed by atoms with Gasteiger partial charge in [-0.25, -0.2) is 0 Å². The molecule has 0 aromatic heterocycles. The first kappa shape index (κ1) is 10.3. The Kier molecular flexibility index (Phi) is 3.55. The number of nitrogens with zero attached hydrogens (tertiary/aromatic N) is 1. The lowest BCUT2D eigenvalue weighted by atomic mass is 9.98. The fourth-order valence-electron chi connectivity index (χ4n) is 1.16. The van der Waals surface area contributed by atoms with Gasteiger partial charge in [0.1, 0.15) is 0 Å². The molecule has 0 spiro atoms. The minimum atomic E-state index is -0.00545. The zero-order valence-corrected chi connectivity index (χ0v) is 9.58. The highest BCUT2D eigenvalue weighted by Gasteiger charge is 2.08. The summed E-state index contributed by atoms with van der Waals surface area (Å²) in [5, 5.41) is 8.86. The SMILES string of the molecule is CCC(C#N)c1ccc(N)c(I)c1. The van der Waals surface area contributed by atoms with Crippen LogP contribution in [0.25, 0.3) is 0 Å². The monoisotopic (exact) mass is 286 g/mol. The van der Waals surface area contributed by atoms with E-state index in [9.17, 15) is 0 Å². The molecule has 1 atom stereocenters. The number of halogens is 1. The Bertz CT molecular complexity index is 341. The number of hydrogen-bond acceptors (Lipinski definition) is 2. The lowest BCUT2D eigenvalue weighted by Crippen LogP contribution is -1.96. The smallest absolute Gasteiger partial charge is 0.0710 e. The predicted octanol–water partition coefficient (Wildman–Crippen LogP) is 2.89. The van der Waals surface area contributed by atoms with Gasteiger partial charge in [0.05, 0.1) is 12.0 Å². The van der Waals surface area contributed by atoms with Crippen LogP contribution in [0, 0.1) is 14.9 Å². The molecule has 0 saturated heterocycles. The van der Waals surface area contributed by atoms with Crippen LogP contribution in [-0.4, -0.2) is 0 Å². The molecule has 0 aliphatic carbocycles. The zero-order valence-electron chi connectivity index (χ0n) is 7.42. The highest BCUT2D eigenvalue weighted by molar-refractivity contribution is 14.1. The Morgan fingerprint density at radius 3 is 2.77 bits per heavy atom. The van der Waals surface area contributed by atoms with Crippen molar-refractivity contribution in [2.75, 3.05) is 5.73 Å². The molecule has 1 aromatic rings. The molecule has 0 aliphatic heterocycles. The van der Waals surface area contributed by atoms with Crippen molar-refractivity contribution in [3.63, 3.8) is 0 Å². The first-order chi connectivity index (χ1) is 6.19. The van der Waals surface area contributed by atoms with E-state index in [2.05, 4.69) is 28.7 Å². The van der Waals surface area contributed by atoms with Crippen molar-refractivity contribution >= 4 is 28.3 Å². The summed E-state index contributed by atoms with van der Waals surface area (Å²) in [6.45, 7) is 2.01. The van der Waals surface area contributed by atoms with Gasteiger partial charge in [0, 0.05) is 9.26 Å². The Morgan fingerprint density at radius 1 is 1.62 bits per heavy atom. The van der Waals surface area contributed by atoms with E-state index in [0.29, 0.717) is 0 Å². The molecule has 0 heterocycles. The van der Waals surface area contributed by atoms with Crippen LogP contribution in [0.1, 0.15) is 24.8 Å². The fraction of sp³-hybridized carbons (Fsp3) is 0.300. The van der Waals surface area contributed by atoms with E-state index < -0.39 is 0 Å². The summed E-state index contributed by atoms with van der Waals surface area (Å²) in [6, 6.07) is 8.03. The molecule has 68 valence electrons. The van der Waals surface area contributed by atoms with Gasteiger partial charge in [-0.2, -0.15) is 5.26 Å². The molecule has 2 nitrogen and oxygen atoms in total. The third kappa shape index (κ3) is 2.34. The largest absolute Gasteiger partial charge is 0.398 e. The van der Waals surface area contributed by atoms with E-state index in [1.807, 2.05) is 25.1 Å². The average Bonchev–Trinajstić information content (AvgIpc) is 2.13. The minimum Gasteiger partial charge on any atom is -0.398 e. The van der Waals surface area contributed by atoms with Gasteiger partial charge in [-0.05, 0) is 46.7 Å². The Hall–Kier alpha value is -0.760. The molecule has 0 bridgehead atoms. The average molecular weight is 286 g/mol. The van der Waals surface area contributed by atoms with E-state index >= 15 is 0 Å². The maximum absolute atomic E-state index is 8.86. The van der Waals surface area contributed by atoms with Gasteiger partial charge >= 0.3 is 0 Å². The van der Waals surface area contributed by atoms with Crippen molar-refractivity contribution < 1.29 is 0 Å². The number of nitrogens with two attached hydrogens (primary N) is 1. The van der Waals surface area contributed by atoms with Crippen LogP contribution in [0.2, 0.25) is 0 Å². The minimum absolute atomic E-state index is 0.00545. The molecule has 0 aliphatic rings. The van der Waals surface area contributed by atoms with Gasteiger partial charge in [-0.1, -0.05) is 13.0 Å². The highest BCUT2D eigenvalue weighted by atomic mass is 127. The number of nitriles is 1. The summed E-state index contributed by atoms with van der Waals surface area (Å²) in [5.74, 6) is -0.00545. The van der Waals surface area contributed by atoms with E-state index in [1.165, 1.54) is 0 Å². The van der Waals surface area contributed by atoms with E-state index in [4.69, 9.17) is 11.0 Å². The van der Waals surface area contributed by atoms with Gasteiger partial charge < -0.3 is 5.73 Å². The van der Waals surface area contributed by atoms with Crippen molar-refractivity contribution in [1.29, 1.82) is 5.26 Å². The summed E-state index contributed by atoms with van der Waals surface area (Å²) < 4.78 is 1.02. The lowest BCUT2D eigenvalue weighted by molar-refractivity contribution is 0.818. The van der Waals surface area contributed by atoms with Crippen LogP contribution >= 0.6 is 22.6 Å². The van der Waals surface area contributed by atoms with Crippen LogP contribution in [0.15, 0.2) is 18.2 Å². The van der Waals surface area contributed by atoms with Crippen molar-refractivity contribution in [2.45, 2.75) is 19.3 Å². The van der Waals surface area contributed by atoms with Crippen molar-refractivity contribution in [3.05, 3.63) is 27.3 Å². The zero-order chi connectivity index (χ0) is 9.84. The Morgan fingerprint density at radius 2 is 2.31 bits per heavy atom. The van der Waals surface area contributed by atoms with E-state index in [0.717, 1.165) is 21.2 Å². The molecule has 0 radical (unpaired) electrons. The molecule has 0 fully saturated rings. The molecule has 13 heavy (non-hydrogen) atoms. The van der Waals surface area contributed by atoms with Crippen molar-refractivity contribution in [2.24, 2.45) is 0 Å². The van der Waals surface area contributed by atoms with Crippen LogP contribution in [0.5, 0.6) is 0 Å². The van der Waals surface area contributed by atoms with Crippen molar-refractivity contribution in [3.8, 4) is 6.07 Å². The van der Waals surface area contributed by atoms with Crippen LogP contribution in [0.4, 0.5) is 5.69 Å². The third-order valence-electron chi connectivity index (χ3n) is 1.99. The van der Waals surface area contributed by atoms with Gasteiger partial charge in [0.2, 0.25) is 0 Å². The Labute approximate surface area is 91.9 Å². The molecule has 1 aromatic carbocycles. The topological polar surface area (TPSA) is 49.8 Å². The van der Waals surface area contributed by atoms with Crippen LogP contribution in [0.3, 0.4) is 0 Å². The van der Waals surface area contributed by atoms with Gasteiger partial charge in [0.15, 0.2) is 0 Å². The second kappa shape index (κ2) is 4.47. The van der Waals surface area contributed by atoms with Crippen LogP contribution in [-0.2, 0) is 0 Å². The van der Waals surface area contributed by atoms with Gasteiger partial charge in [-0.15, -0.1) is 0 Å². The third-order valence-corrected chi connectivity index (χ3v) is 2.93. The maximum Gasteiger partial charge on any atom is 0.0710 e. The number of benzene rings is 1. The molecule has 1 rings (SSSR count). The number of rotatable bonds is 2. The first-order valence-corrected chi connectivity index (χ1v) is 5.21. The van der Waals surface area contributed by atoms with E-state index in [1.54, 1.807) is 0 Å². The summed E-state index contributed by atoms with van der Waals surface area (Å²) in [4.78, 5) is 0. The number of nitrogen functional groups attached to an aromatic ring is 1. The molecule has 0 saturated carbocycles. The summed E-state index contributed by atoms with van der Waals surface area (Å²) in [6.07, 6.45) is 0.844. The highest BCUT2D eigenvalue weighted by Crippen LogP contribution is 2.23. The predicted molar refractivity (Wildman–Crippen MR) is 62.2 cm³/mol. The quantitative estimate of drug-likeness (QED) is 0.671. The molecule has 0 amide bonds. The lowest BCUT2D eigenvalue weighted by Gasteiger charge is -2.07. The second-order valence-electron chi connectivity index (χ2n) is 2.87.